The van der Waals surface area contributed by atoms with Gasteiger partial charge in [-0.1, -0.05) is 0 Å². The lowest BCUT2D eigenvalue weighted by Crippen LogP contribution is -2.00. The van der Waals surface area contributed by atoms with Crippen LogP contribution in [0.5, 0.6) is 17.2 Å². The van der Waals surface area contributed by atoms with Crippen LogP contribution in [0.3, 0.4) is 0 Å². The smallest absolute Gasteiger partial charge is 0.161 e. The summed E-state index contributed by atoms with van der Waals surface area (Å²) >= 11 is 0. The lowest BCUT2D eigenvalue weighted by atomic mass is 10.1. The van der Waals surface area contributed by atoms with E-state index in [1.165, 1.54) is 7.11 Å². The summed E-state index contributed by atoms with van der Waals surface area (Å²) in [6.07, 6.45) is 2.85. The first-order chi connectivity index (χ1) is 7.72. The first-order valence-electron chi connectivity index (χ1n) is 5.36. The number of aryl methyl sites for hydroxylation is 1. The second-order valence-corrected chi connectivity index (χ2v) is 3.58. The van der Waals surface area contributed by atoms with Gasteiger partial charge in [-0.05, 0) is 37.4 Å². The molecule has 0 aliphatic heterocycles. The van der Waals surface area contributed by atoms with Crippen LogP contribution in [0.1, 0.15) is 18.4 Å². The van der Waals surface area contributed by atoms with E-state index in [4.69, 9.17) is 15.2 Å². The fraction of sp³-hybridized carbons (Fsp3) is 0.500. The molecule has 0 amide bonds. The largest absolute Gasteiger partial charge is 0.504 e. The standard InChI is InChI=1S/C12H19NO3/c1-15-11-8-10(14)12(16-2)7-9(11)5-3-4-6-13/h7-8,14H,3-6,13H2,1-2H3. The summed E-state index contributed by atoms with van der Waals surface area (Å²) in [5.74, 6) is 1.26. The molecule has 1 aromatic carbocycles. The highest BCUT2D eigenvalue weighted by atomic mass is 16.5. The minimum atomic E-state index is 0.0990. The molecule has 0 atom stereocenters. The van der Waals surface area contributed by atoms with E-state index < -0.39 is 0 Å². The molecule has 0 spiro atoms. The van der Waals surface area contributed by atoms with Crippen molar-refractivity contribution < 1.29 is 14.6 Å². The summed E-state index contributed by atoms with van der Waals surface area (Å²) in [4.78, 5) is 0. The third-order valence-corrected chi connectivity index (χ3v) is 2.48. The predicted octanol–water partition coefficient (Wildman–Crippen LogP) is 1.69. The van der Waals surface area contributed by atoms with Crippen molar-refractivity contribution in [2.45, 2.75) is 19.3 Å². The lowest BCUT2D eigenvalue weighted by molar-refractivity contribution is 0.363. The Hall–Kier alpha value is -1.42. The molecule has 0 heterocycles. The number of unbranched alkanes of at least 4 members (excludes halogenated alkanes) is 1. The van der Waals surface area contributed by atoms with Crippen molar-refractivity contribution in [3.05, 3.63) is 17.7 Å². The molecule has 4 heteroatoms. The van der Waals surface area contributed by atoms with Crippen LogP contribution < -0.4 is 15.2 Å². The molecule has 0 bridgehead atoms. The number of rotatable bonds is 6. The molecule has 1 aromatic rings. The Balaban J connectivity index is 2.86. The first-order valence-corrected chi connectivity index (χ1v) is 5.36. The van der Waals surface area contributed by atoms with E-state index in [1.54, 1.807) is 13.2 Å². The van der Waals surface area contributed by atoms with Crippen molar-refractivity contribution in [1.29, 1.82) is 0 Å². The normalized spacial score (nSPS) is 10.2. The molecule has 0 radical (unpaired) electrons. The summed E-state index contributed by atoms with van der Waals surface area (Å²) in [7, 11) is 3.12. The molecule has 90 valence electrons. The Morgan fingerprint density at radius 3 is 2.38 bits per heavy atom. The number of nitrogens with two attached hydrogens (primary N) is 1. The second-order valence-electron chi connectivity index (χ2n) is 3.58. The monoisotopic (exact) mass is 225 g/mol. The Bertz CT molecular complexity index is 339. The molecule has 0 fully saturated rings. The quantitative estimate of drug-likeness (QED) is 0.723. The van der Waals surface area contributed by atoms with E-state index in [0.717, 1.165) is 24.8 Å². The Morgan fingerprint density at radius 2 is 1.81 bits per heavy atom. The minimum absolute atomic E-state index is 0.0990. The summed E-state index contributed by atoms with van der Waals surface area (Å²) in [5, 5.41) is 9.59. The molecule has 0 aromatic heterocycles. The SMILES string of the molecule is COc1cc(CCCCN)c(OC)cc1O. The fourth-order valence-corrected chi connectivity index (χ4v) is 1.60. The van der Waals surface area contributed by atoms with Gasteiger partial charge in [0, 0.05) is 6.07 Å². The first kappa shape index (κ1) is 12.6. The van der Waals surface area contributed by atoms with Crippen LogP contribution in [0.2, 0.25) is 0 Å². The number of hydrogen-bond acceptors (Lipinski definition) is 4. The number of hydrogen-bond donors (Lipinski definition) is 2. The molecule has 3 N–H and O–H groups in total. The van der Waals surface area contributed by atoms with Gasteiger partial charge in [0.15, 0.2) is 11.5 Å². The highest BCUT2D eigenvalue weighted by Gasteiger charge is 2.09. The molecule has 1 rings (SSSR count). The van der Waals surface area contributed by atoms with Crippen molar-refractivity contribution in [1.82, 2.24) is 0 Å². The number of ether oxygens (including phenoxy) is 2. The molecule has 0 unspecified atom stereocenters. The molecule has 0 saturated heterocycles. The topological polar surface area (TPSA) is 64.7 Å². The number of phenols is 1. The van der Waals surface area contributed by atoms with Gasteiger partial charge in [-0.3, -0.25) is 0 Å². The average molecular weight is 225 g/mol. The summed E-state index contributed by atoms with van der Waals surface area (Å²) < 4.78 is 10.3. The van der Waals surface area contributed by atoms with Crippen molar-refractivity contribution >= 4 is 0 Å². The van der Waals surface area contributed by atoms with Gasteiger partial charge in [0.05, 0.1) is 14.2 Å². The maximum Gasteiger partial charge on any atom is 0.161 e. The Morgan fingerprint density at radius 1 is 1.12 bits per heavy atom. The predicted molar refractivity (Wildman–Crippen MR) is 63.2 cm³/mol. The van der Waals surface area contributed by atoms with Crippen LogP contribution in [0, 0.1) is 0 Å². The van der Waals surface area contributed by atoms with Crippen LogP contribution >= 0.6 is 0 Å². The molecule has 0 saturated carbocycles. The van der Waals surface area contributed by atoms with Gasteiger partial charge in [-0.25, -0.2) is 0 Å². The van der Waals surface area contributed by atoms with E-state index >= 15 is 0 Å². The molecular formula is C12H19NO3. The van der Waals surface area contributed by atoms with Crippen molar-refractivity contribution in [2.75, 3.05) is 20.8 Å². The molecular weight excluding hydrogens is 206 g/mol. The second kappa shape index (κ2) is 6.23. The van der Waals surface area contributed by atoms with Gasteiger partial charge in [-0.15, -0.1) is 0 Å². The van der Waals surface area contributed by atoms with E-state index in [2.05, 4.69) is 0 Å². The van der Waals surface area contributed by atoms with Crippen molar-refractivity contribution in [3.8, 4) is 17.2 Å². The van der Waals surface area contributed by atoms with Crippen LogP contribution in [0.25, 0.3) is 0 Å². The van der Waals surface area contributed by atoms with E-state index in [1.807, 2.05) is 6.07 Å². The zero-order valence-electron chi connectivity index (χ0n) is 9.82. The minimum Gasteiger partial charge on any atom is -0.504 e. The Labute approximate surface area is 96.0 Å². The molecule has 0 aliphatic carbocycles. The van der Waals surface area contributed by atoms with Gasteiger partial charge in [-0.2, -0.15) is 0 Å². The van der Waals surface area contributed by atoms with Crippen LogP contribution in [0.15, 0.2) is 12.1 Å². The lowest BCUT2D eigenvalue weighted by Gasteiger charge is -2.11. The number of methoxy groups -OCH3 is 2. The maximum absolute atomic E-state index is 9.59. The summed E-state index contributed by atoms with van der Waals surface area (Å²) in [6, 6.07) is 3.39. The average Bonchev–Trinajstić information content (AvgIpc) is 2.30. The summed E-state index contributed by atoms with van der Waals surface area (Å²) in [5.41, 5.74) is 6.48. The highest BCUT2D eigenvalue weighted by Crippen LogP contribution is 2.34. The van der Waals surface area contributed by atoms with Gasteiger partial charge < -0.3 is 20.3 Å². The van der Waals surface area contributed by atoms with Crippen molar-refractivity contribution in [3.63, 3.8) is 0 Å². The molecule has 4 nitrogen and oxygen atoms in total. The molecule has 16 heavy (non-hydrogen) atoms. The van der Waals surface area contributed by atoms with Gasteiger partial charge in [0.2, 0.25) is 0 Å². The Kier molecular flexibility index (Phi) is 4.92. The van der Waals surface area contributed by atoms with E-state index in [0.29, 0.717) is 18.0 Å². The van der Waals surface area contributed by atoms with Gasteiger partial charge in [0.25, 0.3) is 0 Å². The third-order valence-electron chi connectivity index (χ3n) is 2.48. The summed E-state index contributed by atoms with van der Waals surface area (Å²) in [6.45, 7) is 0.692. The van der Waals surface area contributed by atoms with E-state index in [-0.39, 0.29) is 5.75 Å². The van der Waals surface area contributed by atoms with E-state index in [9.17, 15) is 5.11 Å². The number of phenolic OH excluding ortho intramolecular Hbond substituents is 1. The van der Waals surface area contributed by atoms with Gasteiger partial charge >= 0.3 is 0 Å². The van der Waals surface area contributed by atoms with Crippen LogP contribution in [0.4, 0.5) is 0 Å². The molecule has 0 aliphatic rings. The van der Waals surface area contributed by atoms with Crippen LogP contribution in [-0.2, 0) is 6.42 Å². The fourth-order valence-electron chi connectivity index (χ4n) is 1.60. The highest BCUT2D eigenvalue weighted by molar-refractivity contribution is 5.49. The number of aromatic hydroxyl groups is 1. The zero-order valence-corrected chi connectivity index (χ0v) is 9.82. The maximum atomic E-state index is 9.59. The van der Waals surface area contributed by atoms with Crippen molar-refractivity contribution in [2.24, 2.45) is 5.73 Å². The van der Waals surface area contributed by atoms with Gasteiger partial charge in [0.1, 0.15) is 5.75 Å². The third kappa shape index (κ3) is 3.03. The number of benzene rings is 1. The van der Waals surface area contributed by atoms with Crippen LogP contribution in [-0.4, -0.2) is 25.9 Å². The zero-order chi connectivity index (χ0) is 12.0.